The highest BCUT2D eigenvalue weighted by atomic mass is 16.1. The topological polar surface area (TPSA) is 17.1 Å². The summed E-state index contributed by atoms with van der Waals surface area (Å²) in [5.41, 5.74) is 19.4. The average Bonchev–Trinajstić information content (AvgIpc) is 3.34. The van der Waals surface area contributed by atoms with E-state index in [9.17, 15) is 4.79 Å². The summed E-state index contributed by atoms with van der Waals surface area (Å²) in [7, 11) is 0. The van der Waals surface area contributed by atoms with Crippen LogP contribution in [0.3, 0.4) is 0 Å². The van der Waals surface area contributed by atoms with Crippen LogP contribution in [0.5, 0.6) is 0 Å². The molecule has 0 aliphatic heterocycles. The third-order valence-corrected chi connectivity index (χ3v) is 13.1. The summed E-state index contributed by atoms with van der Waals surface area (Å²) in [6, 6.07) is 54.7. The van der Waals surface area contributed by atoms with Crippen LogP contribution in [0.25, 0.3) is 72.9 Å². The molecule has 0 aliphatic carbocycles. The van der Waals surface area contributed by atoms with Crippen LogP contribution in [0.1, 0.15) is 182 Å². The predicted molar refractivity (Wildman–Crippen MR) is 319 cm³/mol. The van der Waals surface area contributed by atoms with E-state index in [0.29, 0.717) is 5.56 Å². The summed E-state index contributed by atoms with van der Waals surface area (Å²) >= 11 is 0. The van der Waals surface area contributed by atoms with Crippen molar-refractivity contribution < 1.29 is 4.79 Å². The van der Waals surface area contributed by atoms with E-state index < -0.39 is 0 Å². The van der Waals surface area contributed by atoms with Crippen molar-refractivity contribution in [2.45, 2.75) is 105 Å². The largest absolute Gasteiger partial charge is 0.298 e. The monoisotopic (exact) mass is 943 g/mol. The van der Waals surface area contributed by atoms with Crippen LogP contribution < -0.4 is 0 Å². The number of aldehydes is 1. The molecule has 0 fully saturated rings. The van der Waals surface area contributed by atoms with Crippen LogP contribution in [0.4, 0.5) is 0 Å². The highest BCUT2D eigenvalue weighted by Crippen LogP contribution is 2.28. The molecule has 7 rings (SSSR count). The first kappa shape index (κ1) is 52.5. The Balaban J connectivity index is 1.19. The fourth-order valence-electron chi connectivity index (χ4n) is 8.48. The Kier molecular flexibility index (Phi) is 16.3. The van der Waals surface area contributed by atoms with Gasteiger partial charge in [-0.25, -0.2) is 0 Å². The van der Waals surface area contributed by atoms with Crippen molar-refractivity contribution in [3.8, 4) is 0 Å². The number of carbonyl (C=O) groups excluding carboxylic acids is 1. The molecule has 0 unspecified atom stereocenters. The maximum absolute atomic E-state index is 12.4. The maximum Gasteiger partial charge on any atom is 0.150 e. The van der Waals surface area contributed by atoms with Crippen LogP contribution in [0, 0.1) is 0 Å². The van der Waals surface area contributed by atoms with Gasteiger partial charge in [-0.15, -0.1) is 0 Å². The van der Waals surface area contributed by atoms with Gasteiger partial charge in [-0.3, -0.25) is 4.79 Å². The molecule has 0 aromatic heterocycles. The molecule has 0 radical (unpaired) electrons. The normalized spacial score (nSPS) is 13.0. The third kappa shape index (κ3) is 15.3. The van der Waals surface area contributed by atoms with E-state index in [1.165, 1.54) is 22.3 Å². The lowest BCUT2D eigenvalue weighted by molar-refractivity contribution is 0.112. The summed E-state index contributed by atoms with van der Waals surface area (Å²) in [6.07, 6.45) is 26.9. The van der Waals surface area contributed by atoms with Gasteiger partial charge in [-0.1, -0.05) is 253 Å². The van der Waals surface area contributed by atoms with Crippen molar-refractivity contribution in [1.29, 1.82) is 0 Å². The molecule has 7 aromatic carbocycles. The van der Waals surface area contributed by atoms with Gasteiger partial charge >= 0.3 is 0 Å². The number of hydrogen-bond donors (Lipinski definition) is 0. The molecule has 0 bridgehead atoms. The molecule has 72 heavy (non-hydrogen) atoms. The second-order valence-corrected chi connectivity index (χ2v) is 23.4. The van der Waals surface area contributed by atoms with Gasteiger partial charge in [0.1, 0.15) is 6.29 Å². The molecule has 0 aliphatic rings. The molecular formula is C71H74O. The Morgan fingerprint density at radius 1 is 0.208 bits per heavy atom. The Morgan fingerprint density at radius 2 is 0.347 bits per heavy atom. The van der Waals surface area contributed by atoms with E-state index in [-0.39, 0.29) is 21.7 Å². The van der Waals surface area contributed by atoms with Crippen LogP contribution in [-0.2, 0) is 21.7 Å². The smallest absolute Gasteiger partial charge is 0.150 e. The molecule has 0 saturated carbocycles. The minimum Gasteiger partial charge on any atom is -0.298 e. The Morgan fingerprint density at radius 3 is 0.486 bits per heavy atom. The third-order valence-electron chi connectivity index (χ3n) is 13.1. The first-order valence-corrected chi connectivity index (χ1v) is 25.5. The van der Waals surface area contributed by atoms with Crippen LogP contribution in [0.15, 0.2) is 152 Å². The van der Waals surface area contributed by atoms with Gasteiger partial charge in [0.15, 0.2) is 0 Å². The zero-order chi connectivity index (χ0) is 51.7. The van der Waals surface area contributed by atoms with E-state index in [0.717, 1.165) is 73.0 Å². The fourth-order valence-corrected chi connectivity index (χ4v) is 8.48. The first-order valence-electron chi connectivity index (χ1n) is 25.5. The lowest BCUT2D eigenvalue weighted by Gasteiger charge is -2.18. The molecule has 0 N–H and O–H groups in total. The molecule has 7 aromatic rings. The van der Waals surface area contributed by atoms with Crippen molar-refractivity contribution in [1.82, 2.24) is 0 Å². The van der Waals surface area contributed by atoms with Gasteiger partial charge in [-0.2, -0.15) is 0 Å². The molecule has 0 atom stereocenters. The molecule has 0 spiro atoms. The number of benzene rings is 7. The van der Waals surface area contributed by atoms with Gasteiger partial charge in [0.25, 0.3) is 0 Å². The molecular weight excluding hydrogens is 869 g/mol. The lowest BCUT2D eigenvalue weighted by atomic mass is 9.86. The van der Waals surface area contributed by atoms with E-state index in [2.05, 4.69) is 296 Å². The van der Waals surface area contributed by atoms with E-state index >= 15 is 0 Å². The number of hydrogen-bond acceptors (Lipinski definition) is 1. The summed E-state index contributed by atoms with van der Waals surface area (Å²) < 4.78 is 0. The van der Waals surface area contributed by atoms with Crippen molar-refractivity contribution in [3.63, 3.8) is 0 Å². The molecule has 0 heterocycles. The predicted octanol–water partition coefficient (Wildman–Crippen LogP) is 19.7. The van der Waals surface area contributed by atoms with Gasteiger partial charge in [0, 0.05) is 5.56 Å². The first-order chi connectivity index (χ1) is 34.0. The maximum atomic E-state index is 12.4. The van der Waals surface area contributed by atoms with Gasteiger partial charge < -0.3 is 0 Å². The van der Waals surface area contributed by atoms with Crippen molar-refractivity contribution in [2.24, 2.45) is 0 Å². The van der Waals surface area contributed by atoms with Crippen molar-refractivity contribution >= 4 is 79.2 Å². The molecule has 1 nitrogen and oxygen atoms in total. The van der Waals surface area contributed by atoms with E-state index in [1.54, 1.807) is 0 Å². The minimum absolute atomic E-state index is 0.103. The van der Waals surface area contributed by atoms with Crippen molar-refractivity contribution in [3.05, 3.63) is 246 Å². The van der Waals surface area contributed by atoms with Crippen molar-refractivity contribution in [2.75, 3.05) is 0 Å². The number of carbonyl (C=O) groups is 1. The zero-order valence-electron chi connectivity index (χ0n) is 44.8. The lowest BCUT2D eigenvalue weighted by Crippen LogP contribution is -2.10. The Bertz CT molecular complexity index is 2770. The molecule has 1 heteroatoms. The highest BCUT2D eigenvalue weighted by molar-refractivity contribution is 5.85. The zero-order valence-corrected chi connectivity index (χ0v) is 44.8. The highest BCUT2D eigenvalue weighted by Gasteiger charge is 2.15. The average molecular weight is 943 g/mol. The Hall–Kier alpha value is -7.35. The summed E-state index contributed by atoms with van der Waals surface area (Å²) in [4.78, 5) is 12.4. The summed E-state index contributed by atoms with van der Waals surface area (Å²) in [5, 5.41) is 0. The Labute approximate surface area is 432 Å². The van der Waals surface area contributed by atoms with Gasteiger partial charge in [-0.05, 0) is 165 Å². The summed E-state index contributed by atoms with van der Waals surface area (Å²) in [6.45, 7) is 26.9. The molecule has 364 valence electrons. The van der Waals surface area contributed by atoms with Gasteiger partial charge in [0.2, 0.25) is 0 Å². The van der Waals surface area contributed by atoms with E-state index in [1.807, 2.05) is 12.1 Å². The fraction of sp³-hybridized carbons (Fsp3) is 0.225. The molecule has 0 saturated heterocycles. The van der Waals surface area contributed by atoms with Crippen LogP contribution in [0.2, 0.25) is 0 Å². The number of rotatable bonds is 13. The minimum atomic E-state index is 0.103. The second kappa shape index (κ2) is 22.4. The standard InChI is InChI=1S/C71H74O/c1-68(2,3)64-33-25-51(26-34-64)13-17-55-41-56(18-14-52-27-35-65(36-28-52)69(4,5)6)44-59(43-55)21-23-61-47-62(49-63(48-61)50-72)24-22-60-45-57(19-15-53-29-37-66(38-30-53)70(7,8)9)42-58(46-60)20-16-54-31-39-67(40-32-54)71(10,11)12/h13-50H,1-12H3. The van der Waals surface area contributed by atoms with Gasteiger partial charge in [0.05, 0.1) is 0 Å². The summed E-state index contributed by atoms with van der Waals surface area (Å²) in [5.74, 6) is 0. The quantitative estimate of drug-likeness (QED) is 0.0832. The molecule has 0 amide bonds. The van der Waals surface area contributed by atoms with Crippen LogP contribution in [-0.4, -0.2) is 6.29 Å². The second-order valence-electron chi connectivity index (χ2n) is 23.4. The SMILES string of the molecule is CC(C)(C)c1ccc(C=Cc2cc(C=Cc3ccc(C(C)(C)C)cc3)cc(C=Cc3cc(C=O)cc(C=Cc4cc(C=Cc5ccc(C(C)(C)C)cc5)cc(C=Cc5ccc(C(C)(C)C)cc5)c4)c3)c2)cc1. The van der Waals surface area contributed by atoms with Crippen LogP contribution >= 0.6 is 0 Å². The van der Waals surface area contributed by atoms with E-state index in [4.69, 9.17) is 0 Å².